The van der Waals surface area contributed by atoms with Gasteiger partial charge in [0, 0.05) is 24.3 Å². The lowest BCUT2D eigenvalue weighted by Gasteiger charge is -2.35. The molecule has 0 spiro atoms. The van der Waals surface area contributed by atoms with E-state index in [0.717, 1.165) is 22.9 Å². The third-order valence-electron chi connectivity index (χ3n) is 4.61. The molecule has 1 aromatic rings. The highest BCUT2D eigenvalue weighted by molar-refractivity contribution is 5.90. The van der Waals surface area contributed by atoms with Crippen LogP contribution in [0.5, 0.6) is 0 Å². The molecule has 110 valence electrons. The van der Waals surface area contributed by atoms with Crippen LogP contribution in [0, 0.1) is 18.8 Å². The van der Waals surface area contributed by atoms with Crippen molar-refractivity contribution in [2.24, 2.45) is 11.8 Å². The highest BCUT2D eigenvalue weighted by atomic mass is 16.1. The SMILES string of the molecule is CC(=O)Nc1cc(NC2CCCC(C)C2C)ccc1C. The minimum atomic E-state index is -0.0232. The van der Waals surface area contributed by atoms with Gasteiger partial charge in [-0.2, -0.15) is 0 Å². The average molecular weight is 274 g/mol. The number of nitrogens with one attached hydrogen (secondary N) is 2. The van der Waals surface area contributed by atoms with E-state index < -0.39 is 0 Å². The largest absolute Gasteiger partial charge is 0.382 e. The third-order valence-corrected chi connectivity index (χ3v) is 4.61. The molecule has 0 heterocycles. The average Bonchev–Trinajstić information content (AvgIpc) is 2.38. The van der Waals surface area contributed by atoms with Crippen LogP contribution in [0.2, 0.25) is 0 Å². The fourth-order valence-electron chi connectivity index (χ4n) is 3.04. The van der Waals surface area contributed by atoms with E-state index >= 15 is 0 Å². The molecule has 1 fully saturated rings. The fraction of sp³-hybridized carbons (Fsp3) is 0.588. The van der Waals surface area contributed by atoms with E-state index in [1.165, 1.54) is 19.3 Å². The second-order valence-electron chi connectivity index (χ2n) is 6.23. The van der Waals surface area contributed by atoms with Gasteiger partial charge in [0.15, 0.2) is 0 Å². The maximum absolute atomic E-state index is 11.2. The van der Waals surface area contributed by atoms with E-state index in [1.807, 2.05) is 13.0 Å². The highest BCUT2D eigenvalue weighted by Crippen LogP contribution is 2.32. The van der Waals surface area contributed by atoms with Crippen LogP contribution in [0.15, 0.2) is 18.2 Å². The van der Waals surface area contributed by atoms with Crippen molar-refractivity contribution in [3.05, 3.63) is 23.8 Å². The van der Waals surface area contributed by atoms with Gasteiger partial charge in [0.25, 0.3) is 0 Å². The van der Waals surface area contributed by atoms with Crippen molar-refractivity contribution >= 4 is 17.3 Å². The summed E-state index contributed by atoms with van der Waals surface area (Å²) in [5.74, 6) is 1.45. The summed E-state index contributed by atoms with van der Waals surface area (Å²) >= 11 is 0. The summed E-state index contributed by atoms with van der Waals surface area (Å²) in [7, 11) is 0. The molecule has 0 aliphatic heterocycles. The molecule has 3 unspecified atom stereocenters. The molecule has 2 N–H and O–H groups in total. The first kappa shape index (κ1) is 14.9. The van der Waals surface area contributed by atoms with E-state index in [2.05, 4.69) is 36.6 Å². The van der Waals surface area contributed by atoms with Gasteiger partial charge in [-0.3, -0.25) is 4.79 Å². The van der Waals surface area contributed by atoms with Gasteiger partial charge in [0.2, 0.25) is 5.91 Å². The van der Waals surface area contributed by atoms with Crippen LogP contribution in [0.1, 0.15) is 45.6 Å². The molecular weight excluding hydrogens is 248 g/mol. The summed E-state index contributed by atoms with van der Waals surface area (Å²) in [5, 5.41) is 6.54. The first-order valence-corrected chi connectivity index (χ1v) is 7.62. The first-order valence-electron chi connectivity index (χ1n) is 7.62. The predicted octanol–water partition coefficient (Wildman–Crippen LogP) is 4.19. The molecule has 0 saturated heterocycles. The molecule has 0 bridgehead atoms. The maximum atomic E-state index is 11.2. The molecule has 0 radical (unpaired) electrons. The van der Waals surface area contributed by atoms with E-state index in [4.69, 9.17) is 0 Å². The zero-order chi connectivity index (χ0) is 14.7. The highest BCUT2D eigenvalue weighted by Gasteiger charge is 2.26. The van der Waals surface area contributed by atoms with Crippen LogP contribution in [0.4, 0.5) is 11.4 Å². The Bertz CT molecular complexity index is 484. The number of amides is 1. The zero-order valence-electron chi connectivity index (χ0n) is 13.0. The van der Waals surface area contributed by atoms with Gasteiger partial charge in [-0.25, -0.2) is 0 Å². The molecule has 1 aliphatic carbocycles. The topological polar surface area (TPSA) is 41.1 Å². The minimum Gasteiger partial charge on any atom is -0.382 e. The second-order valence-corrected chi connectivity index (χ2v) is 6.23. The summed E-state index contributed by atoms with van der Waals surface area (Å²) in [6, 6.07) is 6.74. The molecular formula is C17H26N2O. The van der Waals surface area contributed by atoms with Crippen molar-refractivity contribution < 1.29 is 4.79 Å². The van der Waals surface area contributed by atoms with Crippen molar-refractivity contribution in [3.8, 4) is 0 Å². The Morgan fingerprint density at radius 2 is 2.00 bits per heavy atom. The van der Waals surface area contributed by atoms with E-state index in [9.17, 15) is 4.79 Å². The Morgan fingerprint density at radius 1 is 1.25 bits per heavy atom. The number of hydrogen-bond donors (Lipinski definition) is 2. The van der Waals surface area contributed by atoms with Crippen molar-refractivity contribution in [3.63, 3.8) is 0 Å². The van der Waals surface area contributed by atoms with Gasteiger partial charge in [-0.05, 0) is 42.9 Å². The van der Waals surface area contributed by atoms with Gasteiger partial charge in [-0.15, -0.1) is 0 Å². The van der Waals surface area contributed by atoms with Crippen LogP contribution >= 0.6 is 0 Å². The maximum Gasteiger partial charge on any atom is 0.221 e. The fourth-order valence-corrected chi connectivity index (χ4v) is 3.04. The van der Waals surface area contributed by atoms with Crippen molar-refractivity contribution in [2.75, 3.05) is 10.6 Å². The first-order chi connectivity index (χ1) is 9.47. The molecule has 2 rings (SSSR count). The predicted molar refractivity (Wildman–Crippen MR) is 85.1 cm³/mol. The Hall–Kier alpha value is -1.51. The number of aryl methyl sites for hydroxylation is 1. The minimum absolute atomic E-state index is 0.0232. The van der Waals surface area contributed by atoms with Gasteiger partial charge < -0.3 is 10.6 Å². The third kappa shape index (κ3) is 3.53. The van der Waals surface area contributed by atoms with Crippen molar-refractivity contribution in [1.29, 1.82) is 0 Å². The molecule has 0 aromatic heterocycles. The summed E-state index contributed by atoms with van der Waals surface area (Å²) in [6.07, 6.45) is 3.87. The Morgan fingerprint density at radius 3 is 2.70 bits per heavy atom. The zero-order valence-corrected chi connectivity index (χ0v) is 13.0. The second kappa shape index (κ2) is 6.29. The number of rotatable bonds is 3. The molecule has 1 aromatic carbocycles. The summed E-state index contributed by atoms with van der Waals surface area (Å²) in [6.45, 7) is 8.24. The lowest BCUT2D eigenvalue weighted by molar-refractivity contribution is -0.114. The van der Waals surface area contributed by atoms with E-state index in [-0.39, 0.29) is 5.91 Å². The van der Waals surface area contributed by atoms with Crippen molar-refractivity contribution in [1.82, 2.24) is 0 Å². The van der Waals surface area contributed by atoms with Gasteiger partial charge in [0.05, 0.1) is 0 Å². The van der Waals surface area contributed by atoms with Crippen molar-refractivity contribution in [2.45, 2.75) is 53.0 Å². The Labute approximate surface area is 122 Å². The Balaban J connectivity index is 2.11. The smallest absolute Gasteiger partial charge is 0.221 e. The number of carbonyl (C=O) groups is 1. The van der Waals surface area contributed by atoms with Gasteiger partial charge >= 0.3 is 0 Å². The van der Waals surface area contributed by atoms with Gasteiger partial charge in [-0.1, -0.05) is 32.8 Å². The standard InChI is InChI=1S/C17H26N2O/c1-11-6-5-7-16(13(11)3)19-15-9-8-12(2)17(10-15)18-14(4)20/h8-11,13,16,19H,5-7H2,1-4H3,(H,18,20). The summed E-state index contributed by atoms with van der Waals surface area (Å²) in [4.78, 5) is 11.2. The summed E-state index contributed by atoms with van der Waals surface area (Å²) < 4.78 is 0. The summed E-state index contributed by atoms with van der Waals surface area (Å²) in [5.41, 5.74) is 3.10. The molecule has 3 nitrogen and oxygen atoms in total. The number of carbonyl (C=O) groups excluding carboxylic acids is 1. The number of hydrogen-bond acceptors (Lipinski definition) is 2. The van der Waals surface area contributed by atoms with E-state index in [1.54, 1.807) is 6.92 Å². The molecule has 3 atom stereocenters. The van der Waals surface area contributed by atoms with Crippen LogP contribution in [0.3, 0.4) is 0 Å². The van der Waals surface area contributed by atoms with Crippen LogP contribution in [-0.4, -0.2) is 11.9 Å². The van der Waals surface area contributed by atoms with E-state index in [0.29, 0.717) is 12.0 Å². The molecule has 3 heteroatoms. The van der Waals surface area contributed by atoms with Crippen LogP contribution in [0.25, 0.3) is 0 Å². The lowest BCUT2D eigenvalue weighted by atomic mass is 9.78. The molecule has 1 aliphatic rings. The van der Waals surface area contributed by atoms with Crippen LogP contribution in [-0.2, 0) is 4.79 Å². The molecule has 20 heavy (non-hydrogen) atoms. The quantitative estimate of drug-likeness (QED) is 0.867. The number of anilines is 2. The molecule has 1 amide bonds. The monoisotopic (exact) mass is 274 g/mol. The molecule has 1 saturated carbocycles. The normalized spacial score (nSPS) is 26.1. The van der Waals surface area contributed by atoms with Crippen LogP contribution < -0.4 is 10.6 Å². The van der Waals surface area contributed by atoms with Gasteiger partial charge in [0.1, 0.15) is 0 Å². The lowest BCUT2D eigenvalue weighted by Crippen LogP contribution is -2.35. The number of benzene rings is 1. The Kier molecular flexibility index (Phi) is 4.69.